The lowest BCUT2D eigenvalue weighted by molar-refractivity contribution is 0.102. The Balaban J connectivity index is 1.53. The van der Waals surface area contributed by atoms with Crippen LogP contribution in [0.2, 0.25) is 5.02 Å². The molecule has 32 heavy (non-hydrogen) atoms. The fourth-order valence-electron chi connectivity index (χ4n) is 3.43. The number of carbonyl (C=O) groups excluding carboxylic acids is 1. The second kappa shape index (κ2) is 8.85. The minimum absolute atomic E-state index is 0.350. The Labute approximate surface area is 190 Å². The number of carbonyl (C=O) groups is 1. The van der Waals surface area contributed by atoms with Gasteiger partial charge in [0.05, 0.1) is 16.4 Å². The summed E-state index contributed by atoms with van der Waals surface area (Å²) >= 11 is 6.23. The molecule has 0 atom stereocenters. The predicted molar refractivity (Wildman–Crippen MR) is 123 cm³/mol. The molecule has 2 aromatic carbocycles. The molecule has 0 aliphatic carbocycles. The third-order valence-electron chi connectivity index (χ3n) is 5.15. The second-order valence-corrected chi connectivity index (χ2v) is 9.68. The van der Waals surface area contributed by atoms with E-state index in [4.69, 9.17) is 11.6 Å². The van der Waals surface area contributed by atoms with Gasteiger partial charge in [0.1, 0.15) is 5.82 Å². The maximum absolute atomic E-state index is 13.6. The molecule has 0 unspecified atom stereocenters. The van der Waals surface area contributed by atoms with Crippen molar-refractivity contribution >= 4 is 39.1 Å². The summed E-state index contributed by atoms with van der Waals surface area (Å²) in [6, 6.07) is 13.7. The van der Waals surface area contributed by atoms with Gasteiger partial charge in [0.15, 0.2) is 0 Å². The molecule has 166 valence electrons. The standard InChI is InChI=1S/C22H20ClFN4O3S/c1-27-11-2-12-28(32(27,30)31)18-6-3-15(4-7-18)22(29)26-17-5-8-20(23)19(14-17)21-13-16(24)9-10-25-21/h3-10,13-14H,2,11-12H2,1H3,(H,26,29). The Bertz CT molecular complexity index is 1270. The van der Waals surface area contributed by atoms with E-state index in [1.807, 2.05) is 0 Å². The first-order valence-corrected chi connectivity index (χ1v) is 11.6. The van der Waals surface area contributed by atoms with Gasteiger partial charge in [0, 0.05) is 49.2 Å². The fraction of sp³-hybridized carbons (Fsp3) is 0.182. The minimum atomic E-state index is -3.55. The smallest absolute Gasteiger partial charge is 0.303 e. The average molecular weight is 475 g/mol. The van der Waals surface area contributed by atoms with Crippen LogP contribution in [0, 0.1) is 5.82 Å². The number of aromatic nitrogens is 1. The van der Waals surface area contributed by atoms with Gasteiger partial charge in [-0.25, -0.2) is 4.39 Å². The number of amides is 1. The van der Waals surface area contributed by atoms with E-state index in [0.29, 0.717) is 46.3 Å². The molecule has 7 nitrogen and oxygen atoms in total. The molecule has 4 rings (SSSR count). The van der Waals surface area contributed by atoms with Crippen LogP contribution >= 0.6 is 11.6 Å². The van der Waals surface area contributed by atoms with E-state index in [-0.39, 0.29) is 5.91 Å². The van der Waals surface area contributed by atoms with Crippen molar-refractivity contribution < 1.29 is 17.6 Å². The Morgan fingerprint density at radius 1 is 1.09 bits per heavy atom. The fourth-order valence-corrected chi connectivity index (χ4v) is 5.09. The van der Waals surface area contributed by atoms with Crippen LogP contribution < -0.4 is 9.62 Å². The summed E-state index contributed by atoms with van der Waals surface area (Å²) < 4.78 is 41.2. The lowest BCUT2D eigenvalue weighted by Crippen LogP contribution is -2.47. The van der Waals surface area contributed by atoms with Gasteiger partial charge < -0.3 is 5.32 Å². The van der Waals surface area contributed by atoms with Gasteiger partial charge in [-0.05, 0) is 55.0 Å². The molecule has 1 amide bonds. The second-order valence-electron chi connectivity index (χ2n) is 7.31. The van der Waals surface area contributed by atoms with Crippen molar-refractivity contribution in [3.63, 3.8) is 0 Å². The summed E-state index contributed by atoms with van der Waals surface area (Å²) in [5, 5.41) is 3.15. The van der Waals surface area contributed by atoms with Gasteiger partial charge in [-0.3, -0.25) is 14.1 Å². The third kappa shape index (κ3) is 4.45. The highest BCUT2D eigenvalue weighted by Crippen LogP contribution is 2.30. The van der Waals surface area contributed by atoms with E-state index in [2.05, 4.69) is 10.3 Å². The summed E-state index contributed by atoms with van der Waals surface area (Å²) in [4.78, 5) is 16.8. The number of pyridine rings is 1. The predicted octanol–water partition coefficient (Wildman–Crippen LogP) is 4.18. The zero-order valence-electron chi connectivity index (χ0n) is 17.1. The van der Waals surface area contributed by atoms with Gasteiger partial charge in [-0.15, -0.1) is 0 Å². The molecule has 2 heterocycles. The number of nitrogens with zero attached hydrogens (tertiary/aromatic N) is 3. The molecule has 1 aliphatic heterocycles. The lowest BCUT2D eigenvalue weighted by Gasteiger charge is -2.33. The van der Waals surface area contributed by atoms with E-state index in [9.17, 15) is 17.6 Å². The molecular formula is C22H20ClFN4O3S. The largest absolute Gasteiger partial charge is 0.322 e. The molecule has 1 aliphatic rings. The van der Waals surface area contributed by atoms with Crippen LogP contribution in [-0.4, -0.2) is 43.8 Å². The molecule has 0 radical (unpaired) electrons. The van der Waals surface area contributed by atoms with Gasteiger partial charge in [0.2, 0.25) is 0 Å². The first-order chi connectivity index (χ1) is 15.3. The van der Waals surface area contributed by atoms with Gasteiger partial charge in [-0.1, -0.05) is 11.6 Å². The van der Waals surface area contributed by atoms with Crippen LogP contribution in [0.5, 0.6) is 0 Å². The molecule has 1 N–H and O–H groups in total. The zero-order chi connectivity index (χ0) is 22.9. The van der Waals surface area contributed by atoms with E-state index < -0.39 is 16.0 Å². The van der Waals surface area contributed by atoms with Crippen molar-refractivity contribution in [3.8, 4) is 11.3 Å². The summed E-state index contributed by atoms with van der Waals surface area (Å²) in [5.41, 5.74) is 2.16. The number of hydrogen-bond acceptors (Lipinski definition) is 4. The van der Waals surface area contributed by atoms with Crippen molar-refractivity contribution in [2.24, 2.45) is 0 Å². The third-order valence-corrected chi connectivity index (χ3v) is 7.40. The highest BCUT2D eigenvalue weighted by atomic mass is 35.5. The quantitative estimate of drug-likeness (QED) is 0.615. The Kier molecular flexibility index (Phi) is 6.14. The first-order valence-electron chi connectivity index (χ1n) is 9.82. The van der Waals surface area contributed by atoms with Crippen LogP contribution in [-0.2, 0) is 10.2 Å². The molecule has 1 saturated heterocycles. The highest BCUT2D eigenvalue weighted by molar-refractivity contribution is 7.90. The molecule has 10 heteroatoms. The van der Waals surface area contributed by atoms with Crippen molar-refractivity contribution in [3.05, 3.63) is 77.2 Å². The average Bonchev–Trinajstić information content (AvgIpc) is 2.77. The molecule has 1 aromatic heterocycles. The number of rotatable bonds is 4. The van der Waals surface area contributed by atoms with Gasteiger partial charge in [-0.2, -0.15) is 12.7 Å². The van der Waals surface area contributed by atoms with Crippen LogP contribution in [0.25, 0.3) is 11.3 Å². The molecule has 0 spiro atoms. The molecule has 0 saturated carbocycles. The van der Waals surface area contributed by atoms with Gasteiger partial charge in [0.25, 0.3) is 5.91 Å². The number of benzene rings is 2. The van der Waals surface area contributed by atoms with E-state index in [1.54, 1.807) is 49.5 Å². The summed E-state index contributed by atoms with van der Waals surface area (Å²) in [7, 11) is -2.01. The summed E-state index contributed by atoms with van der Waals surface area (Å²) in [6.45, 7) is 0.868. The Morgan fingerprint density at radius 3 is 2.56 bits per heavy atom. The monoisotopic (exact) mass is 474 g/mol. The molecule has 3 aromatic rings. The Morgan fingerprint density at radius 2 is 1.84 bits per heavy atom. The maximum Gasteiger partial charge on any atom is 0.303 e. The van der Waals surface area contributed by atoms with Crippen molar-refractivity contribution in [1.82, 2.24) is 9.29 Å². The number of nitrogens with one attached hydrogen (secondary N) is 1. The highest BCUT2D eigenvalue weighted by Gasteiger charge is 2.31. The lowest BCUT2D eigenvalue weighted by atomic mass is 10.1. The Hall–Kier alpha value is -3.01. The normalized spacial score (nSPS) is 16.0. The maximum atomic E-state index is 13.6. The number of anilines is 2. The summed E-state index contributed by atoms with van der Waals surface area (Å²) in [5.74, 6) is -0.821. The van der Waals surface area contributed by atoms with Crippen LogP contribution in [0.4, 0.5) is 15.8 Å². The van der Waals surface area contributed by atoms with E-state index in [1.165, 1.54) is 26.9 Å². The molecular weight excluding hydrogens is 455 g/mol. The minimum Gasteiger partial charge on any atom is -0.322 e. The first kappa shape index (κ1) is 22.2. The zero-order valence-corrected chi connectivity index (χ0v) is 18.7. The van der Waals surface area contributed by atoms with Crippen LogP contribution in [0.3, 0.4) is 0 Å². The topological polar surface area (TPSA) is 82.6 Å². The van der Waals surface area contributed by atoms with Crippen molar-refractivity contribution in [2.45, 2.75) is 6.42 Å². The van der Waals surface area contributed by atoms with Crippen molar-refractivity contribution in [1.29, 1.82) is 0 Å². The SMILES string of the molecule is CN1CCCN(c2ccc(C(=O)Nc3ccc(Cl)c(-c4cc(F)ccn4)c3)cc2)S1(=O)=O. The van der Waals surface area contributed by atoms with Crippen LogP contribution in [0.15, 0.2) is 60.8 Å². The summed E-state index contributed by atoms with van der Waals surface area (Å²) in [6.07, 6.45) is 2.06. The molecule has 0 bridgehead atoms. The number of hydrogen-bond donors (Lipinski definition) is 1. The van der Waals surface area contributed by atoms with Crippen molar-refractivity contribution in [2.75, 3.05) is 29.8 Å². The number of halogens is 2. The van der Waals surface area contributed by atoms with E-state index in [0.717, 1.165) is 6.42 Å². The van der Waals surface area contributed by atoms with E-state index >= 15 is 0 Å². The van der Waals surface area contributed by atoms with Crippen LogP contribution in [0.1, 0.15) is 16.8 Å². The molecule has 1 fully saturated rings. The van der Waals surface area contributed by atoms with Gasteiger partial charge >= 0.3 is 10.2 Å².